The molecule has 6 nitrogen and oxygen atoms in total. The summed E-state index contributed by atoms with van der Waals surface area (Å²) < 4.78 is 26.4. The molecule has 19 heavy (non-hydrogen) atoms. The van der Waals surface area contributed by atoms with Gasteiger partial charge in [0.2, 0.25) is 5.95 Å². The number of hydrogen-bond acceptors (Lipinski definition) is 6. The third-order valence-electron chi connectivity index (χ3n) is 2.36. The molecule has 0 aliphatic heterocycles. The summed E-state index contributed by atoms with van der Waals surface area (Å²) >= 11 is 0. The Hall–Kier alpha value is -2.48. The molecule has 1 aromatic carbocycles. The highest BCUT2D eigenvalue weighted by Crippen LogP contribution is 2.14. The van der Waals surface area contributed by atoms with Gasteiger partial charge in [-0.25, -0.2) is 14.6 Å². The van der Waals surface area contributed by atoms with Gasteiger partial charge in [0.05, 0.1) is 0 Å². The van der Waals surface area contributed by atoms with Gasteiger partial charge in [0.1, 0.15) is 23.3 Å². The first kappa shape index (κ1) is 13.0. The molecule has 0 aliphatic carbocycles. The summed E-state index contributed by atoms with van der Waals surface area (Å²) in [5.74, 6) is 4.87. The van der Waals surface area contributed by atoms with E-state index in [9.17, 15) is 8.78 Å². The number of anilines is 3. The highest BCUT2D eigenvalue weighted by atomic mass is 19.1. The van der Waals surface area contributed by atoms with Crippen LogP contribution >= 0.6 is 0 Å². The van der Waals surface area contributed by atoms with Crippen LogP contribution in [0, 0.1) is 11.6 Å². The van der Waals surface area contributed by atoms with Gasteiger partial charge in [-0.05, 0) is 18.2 Å². The van der Waals surface area contributed by atoms with Gasteiger partial charge in [0.15, 0.2) is 0 Å². The van der Waals surface area contributed by atoms with Crippen LogP contribution < -0.4 is 22.3 Å². The largest absolute Gasteiger partial charge is 0.368 e. The fourth-order valence-corrected chi connectivity index (χ4v) is 1.49. The van der Waals surface area contributed by atoms with Gasteiger partial charge in [0.25, 0.3) is 0 Å². The molecule has 0 fully saturated rings. The maximum Gasteiger partial charge on any atom is 0.223 e. The second-order valence-corrected chi connectivity index (χ2v) is 3.73. The summed E-state index contributed by atoms with van der Waals surface area (Å²) in [7, 11) is 0. The Morgan fingerprint density at radius 1 is 1.11 bits per heavy atom. The van der Waals surface area contributed by atoms with Crippen molar-refractivity contribution < 1.29 is 8.78 Å². The van der Waals surface area contributed by atoms with Gasteiger partial charge in [-0.3, -0.25) is 0 Å². The molecule has 1 heterocycles. The number of aromatic nitrogens is 2. The lowest BCUT2D eigenvalue weighted by atomic mass is 10.2. The van der Waals surface area contributed by atoms with Crippen LogP contribution in [0.1, 0.15) is 5.56 Å². The minimum absolute atomic E-state index is 0.0117. The monoisotopic (exact) mass is 266 g/mol. The van der Waals surface area contributed by atoms with Crippen molar-refractivity contribution in [3.8, 4) is 0 Å². The van der Waals surface area contributed by atoms with Crippen molar-refractivity contribution in [3.05, 3.63) is 41.5 Å². The molecule has 0 bridgehead atoms. The van der Waals surface area contributed by atoms with Gasteiger partial charge in [-0.1, -0.05) is 0 Å². The van der Waals surface area contributed by atoms with Crippen LogP contribution in [-0.4, -0.2) is 9.97 Å². The zero-order chi connectivity index (χ0) is 13.8. The van der Waals surface area contributed by atoms with Crippen molar-refractivity contribution in [2.75, 3.05) is 16.5 Å². The fourth-order valence-electron chi connectivity index (χ4n) is 1.49. The Kier molecular flexibility index (Phi) is 3.71. The van der Waals surface area contributed by atoms with Crippen molar-refractivity contribution in [1.82, 2.24) is 9.97 Å². The van der Waals surface area contributed by atoms with Crippen LogP contribution in [0.15, 0.2) is 24.3 Å². The van der Waals surface area contributed by atoms with Gasteiger partial charge in [-0.2, -0.15) is 9.97 Å². The molecule has 2 rings (SSSR count). The molecule has 8 heteroatoms. The van der Waals surface area contributed by atoms with Crippen molar-refractivity contribution in [1.29, 1.82) is 0 Å². The van der Waals surface area contributed by atoms with Crippen LogP contribution in [-0.2, 0) is 6.54 Å². The minimum Gasteiger partial charge on any atom is -0.368 e. The first-order valence-electron chi connectivity index (χ1n) is 5.37. The van der Waals surface area contributed by atoms with Crippen LogP contribution in [0.25, 0.3) is 0 Å². The van der Waals surface area contributed by atoms with E-state index in [2.05, 4.69) is 20.7 Å². The summed E-state index contributed by atoms with van der Waals surface area (Å²) in [6.45, 7) is 0.0596. The lowest BCUT2D eigenvalue weighted by Gasteiger charge is -2.08. The molecule has 2 aromatic rings. The number of hydrazine groups is 1. The Morgan fingerprint density at radius 3 is 2.58 bits per heavy atom. The molecule has 0 amide bonds. The number of nitrogens with one attached hydrogen (secondary N) is 2. The normalized spacial score (nSPS) is 10.3. The summed E-state index contributed by atoms with van der Waals surface area (Å²) in [6.07, 6.45) is 0. The first-order chi connectivity index (χ1) is 9.08. The van der Waals surface area contributed by atoms with Gasteiger partial charge in [0, 0.05) is 18.2 Å². The Morgan fingerprint density at radius 2 is 1.84 bits per heavy atom. The van der Waals surface area contributed by atoms with E-state index in [0.717, 1.165) is 18.2 Å². The standard InChI is InChI=1S/C11H12F2N6/c12-7-1-2-8(13)6(3-7)5-16-9-4-10(19-15)18-11(14)17-9/h1-4H,5,15H2,(H4,14,16,17,18,19). The second kappa shape index (κ2) is 5.44. The topological polar surface area (TPSA) is 102 Å². The van der Waals surface area contributed by atoms with Crippen molar-refractivity contribution in [2.24, 2.45) is 5.84 Å². The quantitative estimate of drug-likeness (QED) is 0.490. The van der Waals surface area contributed by atoms with Crippen molar-refractivity contribution in [2.45, 2.75) is 6.54 Å². The molecule has 0 unspecified atom stereocenters. The van der Waals surface area contributed by atoms with E-state index in [0.29, 0.717) is 11.6 Å². The third kappa shape index (κ3) is 3.26. The van der Waals surface area contributed by atoms with Crippen LogP contribution in [0.3, 0.4) is 0 Å². The van der Waals surface area contributed by atoms with Crippen LogP contribution in [0.4, 0.5) is 26.4 Å². The summed E-state index contributed by atoms with van der Waals surface area (Å²) in [5, 5.41) is 2.81. The van der Waals surface area contributed by atoms with E-state index in [4.69, 9.17) is 11.6 Å². The summed E-state index contributed by atoms with van der Waals surface area (Å²) in [5.41, 5.74) is 7.97. The number of benzene rings is 1. The van der Waals surface area contributed by atoms with Gasteiger partial charge in [-0.15, -0.1) is 0 Å². The van der Waals surface area contributed by atoms with E-state index in [1.165, 1.54) is 6.07 Å². The van der Waals surface area contributed by atoms with E-state index in [1.54, 1.807) is 0 Å². The molecule has 1 aromatic heterocycles. The lowest BCUT2D eigenvalue weighted by molar-refractivity contribution is 0.587. The zero-order valence-corrected chi connectivity index (χ0v) is 9.82. The maximum atomic E-state index is 13.4. The smallest absolute Gasteiger partial charge is 0.223 e. The maximum absolute atomic E-state index is 13.4. The zero-order valence-electron chi connectivity index (χ0n) is 9.82. The van der Waals surface area contributed by atoms with Crippen molar-refractivity contribution >= 4 is 17.6 Å². The predicted octanol–water partition coefficient (Wildman–Crippen LogP) is 1.23. The minimum atomic E-state index is -0.510. The van der Waals surface area contributed by atoms with Crippen LogP contribution in [0.5, 0.6) is 0 Å². The number of nitrogens with zero attached hydrogens (tertiary/aromatic N) is 2. The molecule has 0 aliphatic rings. The third-order valence-corrected chi connectivity index (χ3v) is 2.36. The molecule has 0 saturated heterocycles. The van der Waals surface area contributed by atoms with Gasteiger partial charge < -0.3 is 16.5 Å². The van der Waals surface area contributed by atoms with E-state index in [1.807, 2.05) is 0 Å². The summed E-state index contributed by atoms with van der Waals surface area (Å²) in [4.78, 5) is 7.69. The average molecular weight is 266 g/mol. The fraction of sp³-hybridized carbons (Fsp3) is 0.0909. The average Bonchev–Trinajstić information content (AvgIpc) is 2.39. The molecular formula is C11H12F2N6. The molecule has 100 valence electrons. The van der Waals surface area contributed by atoms with Crippen molar-refractivity contribution in [3.63, 3.8) is 0 Å². The number of nitrogens with two attached hydrogens (primary N) is 2. The van der Waals surface area contributed by atoms with Gasteiger partial charge >= 0.3 is 0 Å². The van der Waals surface area contributed by atoms with E-state index >= 15 is 0 Å². The highest BCUT2D eigenvalue weighted by Gasteiger charge is 2.05. The Labute approximate surface area is 107 Å². The second-order valence-electron chi connectivity index (χ2n) is 3.73. The SMILES string of the molecule is NNc1cc(NCc2cc(F)ccc2F)nc(N)n1. The molecule has 0 saturated carbocycles. The Balaban J connectivity index is 2.14. The number of rotatable bonds is 4. The predicted molar refractivity (Wildman–Crippen MR) is 67.9 cm³/mol. The highest BCUT2D eigenvalue weighted by molar-refractivity contribution is 5.50. The molecular weight excluding hydrogens is 254 g/mol. The first-order valence-corrected chi connectivity index (χ1v) is 5.37. The number of nitrogen functional groups attached to an aromatic ring is 2. The molecule has 0 radical (unpaired) electrons. The Bertz CT molecular complexity index is 589. The number of hydrogen-bond donors (Lipinski definition) is 4. The van der Waals surface area contributed by atoms with E-state index in [-0.39, 0.29) is 18.1 Å². The molecule has 6 N–H and O–H groups in total. The molecule has 0 spiro atoms. The van der Waals surface area contributed by atoms with Crippen LogP contribution in [0.2, 0.25) is 0 Å². The van der Waals surface area contributed by atoms with E-state index < -0.39 is 11.6 Å². The number of halogens is 2. The molecule has 0 atom stereocenters. The summed E-state index contributed by atoms with van der Waals surface area (Å²) in [6, 6.07) is 4.72. The lowest BCUT2D eigenvalue weighted by Crippen LogP contribution is -2.12.